The Balaban J connectivity index is 2.37. The predicted octanol–water partition coefficient (Wildman–Crippen LogP) is 2.18. The molecule has 0 aliphatic carbocycles. The maximum Gasteiger partial charge on any atom is 0.401 e. The van der Waals surface area contributed by atoms with Crippen LogP contribution in [-0.2, 0) is 11.3 Å². The molecule has 0 aromatic heterocycles. The van der Waals surface area contributed by atoms with E-state index in [-0.39, 0.29) is 19.0 Å². The van der Waals surface area contributed by atoms with E-state index in [0.29, 0.717) is 19.6 Å². The first-order valence-corrected chi connectivity index (χ1v) is 8.61. The number of rotatable bonds is 10. The summed E-state index contributed by atoms with van der Waals surface area (Å²) in [4.78, 5) is 17.1. The van der Waals surface area contributed by atoms with Gasteiger partial charge in [0.2, 0.25) is 5.91 Å². The van der Waals surface area contributed by atoms with E-state index >= 15 is 0 Å². The molecule has 0 aliphatic heterocycles. The van der Waals surface area contributed by atoms with Gasteiger partial charge in [-0.2, -0.15) is 13.2 Å². The van der Waals surface area contributed by atoms with Crippen LogP contribution in [0.25, 0.3) is 0 Å². The van der Waals surface area contributed by atoms with Crippen molar-refractivity contribution in [1.29, 1.82) is 0 Å². The van der Waals surface area contributed by atoms with Gasteiger partial charge in [-0.05, 0) is 31.3 Å². The number of carbonyl (C=O) groups excluding carboxylic acids is 1. The molecule has 0 saturated carbocycles. The number of benzene rings is 1. The second kappa shape index (κ2) is 10.4. The van der Waals surface area contributed by atoms with Crippen molar-refractivity contribution in [1.82, 2.24) is 15.1 Å². The Kier molecular flexibility index (Phi) is 8.87. The lowest BCUT2D eigenvalue weighted by Crippen LogP contribution is -2.42. The van der Waals surface area contributed by atoms with Crippen LogP contribution in [-0.4, -0.2) is 75.8 Å². The molecule has 0 spiro atoms. The normalized spacial score (nSPS) is 11.9. The fourth-order valence-corrected chi connectivity index (χ4v) is 2.42. The van der Waals surface area contributed by atoms with E-state index in [4.69, 9.17) is 0 Å². The summed E-state index contributed by atoms with van der Waals surface area (Å²) < 4.78 is 37.0. The van der Waals surface area contributed by atoms with Gasteiger partial charge in [-0.3, -0.25) is 14.6 Å². The highest BCUT2D eigenvalue weighted by atomic mass is 19.4. The van der Waals surface area contributed by atoms with Crippen LogP contribution >= 0.6 is 0 Å². The first kappa shape index (κ1) is 22.2. The zero-order valence-electron chi connectivity index (χ0n) is 15.9. The minimum atomic E-state index is -4.20. The lowest BCUT2D eigenvalue weighted by atomic mass is 10.2. The minimum Gasteiger partial charge on any atom is -0.378 e. The summed E-state index contributed by atoms with van der Waals surface area (Å²) in [6, 6.07) is 7.88. The number of nitrogens with one attached hydrogen (secondary N) is 1. The van der Waals surface area contributed by atoms with E-state index in [9.17, 15) is 18.0 Å². The molecular weight excluding hydrogens is 345 g/mol. The Bertz CT molecular complexity index is 546. The van der Waals surface area contributed by atoms with Gasteiger partial charge in [-0.25, -0.2) is 0 Å². The van der Waals surface area contributed by atoms with Crippen LogP contribution in [0.5, 0.6) is 0 Å². The number of anilines is 1. The number of halogens is 3. The van der Waals surface area contributed by atoms with Gasteiger partial charge in [0.15, 0.2) is 0 Å². The molecule has 1 aromatic rings. The van der Waals surface area contributed by atoms with Crippen molar-refractivity contribution in [2.24, 2.45) is 0 Å². The van der Waals surface area contributed by atoms with Crippen LogP contribution in [0.3, 0.4) is 0 Å². The molecule has 148 valence electrons. The van der Waals surface area contributed by atoms with Crippen molar-refractivity contribution in [3.8, 4) is 0 Å². The van der Waals surface area contributed by atoms with Crippen molar-refractivity contribution in [3.63, 3.8) is 0 Å². The fraction of sp³-hybridized carbons (Fsp3) is 0.611. The van der Waals surface area contributed by atoms with E-state index in [1.807, 2.05) is 55.1 Å². The standard InChI is InChI=1S/C18H29F3N4O/c1-5-25(11-10-24(4)14-18(19,20)21)13-17(26)22-12-15-6-8-16(9-7-15)23(2)3/h6-9H,5,10-14H2,1-4H3,(H,22,26). The van der Waals surface area contributed by atoms with Crippen LogP contribution in [0, 0.1) is 0 Å². The first-order chi connectivity index (χ1) is 12.1. The topological polar surface area (TPSA) is 38.8 Å². The van der Waals surface area contributed by atoms with Gasteiger partial charge in [0, 0.05) is 39.4 Å². The van der Waals surface area contributed by atoms with E-state index in [1.165, 1.54) is 11.9 Å². The van der Waals surface area contributed by atoms with Crippen LogP contribution in [0.1, 0.15) is 12.5 Å². The number of nitrogens with zero attached hydrogens (tertiary/aromatic N) is 3. The molecule has 1 aromatic carbocycles. The molecule has 0 bridgehead atoms. The quantitative estimate of drug-likeness (QED) is 0.681. The van der Waals surface area contributed by atoms with E-state index in [2.05, 4.69) is 5.32 Å². The number of amides is 1. The SMILES string of the molecule is CCN(CCN(C)CC(F)(F)F)CC(=O)NCc1ccc(N(C)C)cc1. The Morgan fingerprint density at radius 1 is 1.08 bits per heavy atom. The third-order valence-corrected chi connectivity index (χ3v) is 4.00. The third kappa shape index (κ3) is 9.05. The molecule has 26 heavy (non-hydrogen) atoms. The van der Waals surface area contributed by atoms with E-state index < -0.39 is 12.7 Å². The molecule has 0 unspecified atom stereocenters. The molecule has 1 amide bonds. The van der Waals surface area contributed by atoms with Gasteiger partial charge in [-0.1, -0.05) is 19.1 Å². The van der Waals surface area contributed by atoms with Gasteiger partial charge in [0.05, 0.1) is 13.1 Å². The zero-order chi connectivity index (χ0) is 19.7. The summed E-state index contributed by atoms with van der Waals surface area (Å²) in [5.74, 6) is -0.137. The molecule has 0 fully saturated rings. The monoisotopic (exact) mass is 374 g/mol. The molecule has 0 radical (unpaired) electrons. The predicted molar refractivity (Wildman–Crippen MR) is 98.3 cm³/mol. The number of hydrogen-bond acceptors (Lipinski definition) is 4. The van der Waals surface area contributed by atoms with Crippen molar-refractivity contribution in [2.45, 2.75) is 19.6 Å². The molecule has 1 N–H and O–H groups in total. The number of hydrogen-bond donors (Lipinski definition) is 1. The molecule has 0 aliphatic rings. The second-order valence-corrected chi connectivity index (χ2v) is 6.56. The smallest absolute Gasteiger partial charge is 0.378 e. The first-order valence-electron chi connectivity index (χ1n) is 8.61. The van der Waals surface area contributed by atoms with Gasteiger partial charge < -0.3 is 10.2 Å². The van der Waals surface area contributed by atoms with Gasteiger partial charge in [0.1, 0.15) is 0 Å². The second-order valence-electron chi connectivity index (χ2n) is 6.56. The maximum absolute atomic E-state index is 12.3. The molecule has 8 heteroatoms. The maximum atomic E-state index is 12.3. The largest absolute Gasteiger partial charge is 0.401 e. The minimum absolute atomic E-state index is 0.137. The highest BCUT2D eigenvalue weighted by Crippen LogP contribution is 2.15. The highest BCUT2D eigenvalue weighted by molar-refractivity contribution is 5.78. The molecule has 1 rings (SSSR count). The summed E-state index contributed by atoms with van der Waals surface area (Å²) in [5, 5.41) is 2.85. The van der Waals surface area contributed by atoms with Crippen molar-refractivity contribution in [2.75, 3.05) is 58.8 Å². The number of alkyl halides is 3. The summed E-state index contributed by atoms with van der Waals surface area (Å²) in [7, 11) is 5.35. The van der Waals surface area contributed by atoms with Crippen LogP contribution in [0.2, 0.25) is 0 Å². The van der Waals surface area contributed by atoms with Gasteiger partial charge in [-0.15, -0.1) is 0 Å². The Labute approximate surface area is 153 Å². The summed E-state index contributed by atoms with van der Waals surface area (Å²) in [6.45, 7) is 2.81. The number of carbonyl (C=O) groups is 1. The van der Waals surface area contributed by atoms with Crippen molar-refractivity contribution >= 4 is 11.6 Å². The molecule has 0 heterocycles. The molecule has 5 nitrogen and oxygen atoms in total. The number of likely N-dealkylation sites (N-methyl/N-ethyl adjacent to an activating group) is 2. The van der Waals surface area contributed by atoms with Crippen LogP contribution in [0.15, 0.2) is 24.3 Å². The highest BCUT2D eigenvalue weighted by Gasteiger charge is 2.29. The molecule has 0 saturated heterocycles. The summed E-state index contributed by atoms with van der Waals surface area (Å²) >= 11 is 0. The average Bonchev–Trinajstić information content (AvgIpc) is 2.55. The average molecular weight is 374 g/mol. The third-order valence-electron chi connectivity index (χ3n) is 4.00. The van der Waals surface area contributed by atoms with E-state index in [1.54, 1.807) is 0 Å². The Morgan fingerprint density at radius 2 is 1.69 bits per heavy atom. The van der Waals surface area contributed by atoms with Crippen LogP contribution in [0.4, 0.5) is 18.9 Å². The Hall–Kier alpha value is -1.80. The lowest BCUT2D eigenvalue weighted by Gasteiger charge is -2.24. The summed E-state index contributed by atoms with van der Waals surface area (Å²) in [5.41, 5.74) is 2.08. The van der Waals surface area contributed by atoms with Crippen molar-refractivity contribution in [3.05, 3.63) is 29.8 Å². The summed E-state index contributed by atoms with van der Waals surface area (Å²) in [6.07, 6.45) is -4.20. The molecular formula is C18H29F3N4O. The van der Waals surface area contributed by atoms with E-state index in [0.717, 1.165) is 11.3 Å². The van der Waals surface area contributed by atoms with Crippen LogP contribution < -0.4 is 10.2 Å². The Morgan fingerprint density at radius 3 is 2.19 bits per heavy atom. The van der Waals surface area contributed by atoms with Gasteiger partial charge in [0.25, 0.3) is 0 Å². The van der Waals surface area contributed by atoms with Crippen molar-refractivity contribution < 1.29 is 18.0 Å². The van der Waals surface area contributed by atoms with Gasteiger partial charge >= 0.3 is 6.18 Å². The molecule has 0 atom stereocenters. The lowest BCUT2D eigenvalue weighted by molar-refractivity contribution is -0.143. The zero-order valence-corrected chi connectivity index (χ0v) is 15.9. The fourth-order valence-electron chi connectivity index (χ4n) is 2.42.